The van der Waals surface area contributed by atoms with E-state index in [4.69, 9.17) is 21.1 Å². The van der Waals surface area contributed by atoms with Gasteiger partial charge in [-0.1, -0.05) is 37.8 Å². The lowest BCUT2D eigenvalue weighted by Gasteiger charge is -2.15. The van der Waals surface area contributed by atoms with Crippen LogP contribution >= 0.6 is 11.6 Å². The van der Waals surface area contributed by atoms with Crippen molar-refractivity contribution in [3.05, 3.63) is 28.8 Å². The third-order valence-electron chi connectivity index (χ3n) is 3.01. The van der Waals surface area contributed by atoms with Gasteiger partial charge in [-0.05, 0) is 44.0 Å². The number of halogens is 1. The summed E-state index contributed by atoms with van der Waals surface area (Å²) in [6.07, 6.45) is 3.74. The number of aryl methyl sites for hydroxylation is 1. The first-order chi connectivity index (χ1) is 9.54. The molecule has 1 rings (SSSR count). The highest BCUT2D eigenvalue weighted by Gasteiger charge is 2.17. The van der Waals surface area contributed by atoms with E-state index in [2.05, 4.69) is 6.92 Å². The second-order valence-corrected chi connectivity index (χ2v) is 5.33. The maximum Gasteiger partial charge on any atom is 0.347 e. The molecular weight excluding hydrogens is 276 g/mol. The Labute approximate surface area is 126 Å². The minimum atomic E-state index is -0.610. The number of benzene rings is 1. The molecular formula is C16H23ClO3. The zero-order valence-corrected chi connectivity index (χ0v) is 13.2. The van der Waals surface area contributed by atoms with E-state index in [1.807, 2.05) is 6.92 Å². The number of unbranched alkanes of at least 4 members (excludes halogenated alkanes) is 3. The van der Waals surface area contributed by atoms with Crippen LogP contribution in [-0.2, 0) is 9.53 Å². The van der Waals surface area contributed by atoms with E-state index in [0.717, 1.165) is 18.4 Å². The Morgan fingerprint density at radius 1 is 1.30 bits per heavy atom. The summed E-state index contributed by atoms with van der Waals surface area (Å²) in [7, 11) is 0. The molecule has 112 valence electrons. The van der Waals surface area contributed by atoms with Crippen molar-refractivity contribution in [1.82, 2.24) is 0 Å². The summed E-state index contributed by atoms with van der Waals surface area (Å²) in [5.74, 6) is 0.334. The summed E-state index contributed by atoms with van der Waals surface area (Å²) in [5.41, 5.74) is 0.903. The monoisotopic (exact) mass is 298 g/mol. The van der Waals surface area contributed by atoms with Crippen LogP contribution in [0.25, 0.3) is 0 Å². The fourth-order valence-corrected chi connectivity index (χ4v) is 2.03. The van der Waals surface area contributed by atoms with Crippen LogP contribution in [0.15, 0.2) is 18.2 Å². The molecule has 0 radical (unpaired) electrons. The number of ether oxygens (including phenoxy) is 2. The predicted molar refractivity (Wildman–Crippen MR) is 81.4 cm³/mol. The second kappa shape index (κ2) is 8.85. The first-order valence-electron chi connectivity index (χ1n) is 7.14. The van der Waals surface area contributed by atoms with E-state index in [9.17, 15) is 4.79 Å². The van der Waals surface area contributed by atoms with Crippen molar-refractivity contribution < 1.29 is 14.3 Å². The molecule has 0 fully saturated rings. The van der Waals surface area contributed by atoms with Crippen LogP contribution in [0, 0.1) is 6.92 Å². The Kier molecular flexibility index (Phi) is 7.45. The molecule has 0 aliphatic heterocycles. The Balaban J connectivity index is 2.37. The zero-order chi connectivity index (χ0) is 15.0. The molecule has 1 unspecified atom stereocenters. The van der Waals surface area contributed by atoms with E-state index >= 15 is 0 Å². The van der Waals surface area contributed by atoms with E-state index in [0.29, 0.717) is 17.4 Å². The van der Waals surface area contributed by atoms with Gasteiger partial charge in [-0.3, -0.25) is 0 Å². The number of carbonyl (C=O) groups is 1. The molecule has 0 saturated carbocycles. The lowest BCUT2D eigenvalue weighted by molar-refractivity contribution is -0.151. The van der Waals surface area contributed by atoms with Gasteiger partial charge in [-0.2, -0.15) is 0 Å². The van der Waals surface area contributed by atoms with Crippen LogP contribution < -0.4 is 4.74 Å². The molecule has 1 aromatic rings. The third kappa shape index (κ3) is 5.83. The molecule has 0 saturated heterocycles. The zero-order valence-electron chi connectivity index (χ0n) is 12.4. The van der Waals surface area contributed by atoms with Crippen LogP contribution in [0.1, 0.15) is 45.1 Å². The predicted octanol–water partition coefficient (Wildman–Crippen LogP) is 4.54. The quantitative estimate of drug-likeness (QED) is 0.522. The first-order valence-corrected chi connectivity index (χ1v) is 7.51. The van der Waals surface area contributed by atoms with Gasteiger partial charge in [0.2, 0.25) is 0 Å². The highest BCUT2D eigenvalue weighted by Crippen LogP contribution is 2.23. The molecule has 0 heterocycles. The molecule has 0 aliphatic carbocycles. The molecule has 0 N–H and O–H groups in total. The summed E-state index contributed by atoms with van der Waals surface area (Å²) in [6, 6.07) is 5.31. The summed E-state index contributed by atoms with van der Waals surface area (Å²) in [6.45, 7) is 6.20. The third-order valence-corrected chi connectivity index (χ3v) is 3.25. The lowest BCUT2D eigenvalue weighted by atomic mass is 10.2. The van der Waals surface area contributed by atoms with Crippen molar-refractivity contribution in [1.29, 1.82) is 0 Å². The minimum Gasteiger partial charge on any atom is -0.479 e. The fourth-order valence-electron chi connectivity index (χ4n) is 1.80. The Hall–Kier alpha value is -1.22. The standard InChI is InChI=1S/C16H23ClO3/c1-4-5-6-7-10-19-16(18)13(3)20-15-9-8-14(17)11-12(15)2/h8-9,11,13H,4-7,10H2,1-3H3. The smallest absolute Gasteiger partial charge is 0.347 e. The number of carbonyl (C=O) groups excluding carboxylic acids is 1. The van der Waals surface area contributed by atoms with Gasteiger partial charge in [0.25, 0.3) is 0 Å². The second-order valence-electron chi connectivity index (χ2n) is 4.90. The van der Waals surface area contributed by atoms with Crippen LogP contribution in [0.5, 0.6) is 5.75 Å². The normalized spacial score (nSPS) is 12.0. The molecule has 0 bridgehead atoms. The number of hydrogen-bond acceptors (Lipinski definition) is 3. The van der Waals surface area contributed by atoms with Crippen molar-refractivity contribution in [3.63, 3.8) is 0 Å². The Bertz CT molecular complexity index is 432. The molecule has 0 spiro atoms. The number of esters is 1. The van der Waals surface area contributed by atoms with Crippen LogP contribution in [-0.4, -0.2) is 18.7 Å². The molecule has 3 nitrogen and oxygen atoms in total. The van der Waals surface area contributed by atoms with Crippen molar-refractivity contribution >= 4 is 17.6 Å². The fraction of sp³-hybridized carbons (Fsp3) is 0.562. The van der Waals surface area contributed by atoms with E-state index < -0.39 is 6.10 Å². The van der Waals surface area contributed by atoms with Crippen molar-refractivity contribution in [2.75, 3.05) is 6.61 Å². The van der Waals surface area contributed by atoms with Gasteiger partial charge >= 0.3 is 5.97 Å². The Morgan fingerprint density at radius 3 is 2.70 bits per heavy atom. The van der Waals surface area contributed by atoms with Gasteiger partial charge < -0.3 is 9.47 Å². The average Bonchev–Trinajstić information content (AvgIpc) is 2.41. The van der Waals surface area contributed by atoms with E-state index in [1.165, 1.54) is 12.8 Å². The topological polar surface area (TPSA) is 35.5 Å². The van der Waals surface area contributed by atoms with Gasteiger partial charge in [0.15, 0.2) is 6.10 Å². The van der Waals surface area contributed by atoms with Crippen molar-refractivity contribution in [2.24, 2.45) is 0 Å². The maximum atomic E-state index is 11.8. The van der Waals surface area contributed by atoms with Crippen LogP contribution in [0.2, 0.25) is 5.02 Å². The largest absolute Gasteiger partial charge is 0.479 e. The number of hydrogen-bond donors (Lipinski definition) is 0. The highest BCUT2D eigenvalue weighted by molar-refractivity contribution is 6.30. The average molecular weight is 299 g/mol. The maximum absolute atomic E-state index is 11.8. The summed E-state index contributed by atoms with van der Waals surface area (Å²) in [5, 5.41) is 0.654. The van der Waals surface area contributed by atoms with E-state index in [1.54, 1.807) is 25.1 Å². The molecule has 1 aromatic carbocycles. The van der Waals surface area contributed by atoms with Crippen LogP contribution in [0.4, 0.5) is 0 Å². The molecule has 0 amide bonds. The van der Waals surface area contributed by atoms with Crippen molar-refractivity contribution in [3.8, 4) is 5.75 Å². The molecule has 0 aliphatic rings. The summed E-state index contributed by atoms with van der Waals surface area (Å²) in [4.78, 5) is 11.8. The molecule has 20 heavy (non-hydrogen) atoms. The van der Waals surface area contributed by atoms with Gasteiger partial charge in [-0.25, -0.2) is 4.79 Å². The summed E-state index contributed by atoms with van der Waals surface area (Å²) >= 11 is 5.88. The molecule has 1 atom stereocenters. The van der Waals surface area contributed by atoms with Gasteiger partial charge in [0.1, 0.15) is 5.75 Å². The minimum absolute atomic E-state index is 0.323. The summed E-state index contributed by atoms with van der Waals surface area (Å²) < 4.78 is 10.8. The highest BCUT2D eigenvalue weighted by atomic mass is 35.5. The van der Waals surface area contributed by atoms with Gasteiger partial charge in [0.05, 0.1) is 6.61 Å². The first kappa shape index (κ1) is 16.8. The van der Waals surface area contributed by atoms with Crippen LogP contribution in [0.3, 0.4) is 0 Å². The molecule has 4 heteroatoms. The lowest BCUT2D eigenvalue weighted by Crippen LogP contribution is -2.26. The Morgan fingerprint density at radius 2 is 2.05 bits per heavy atom. The van der Waals surface area contributed by atoms with Crippen molar-refractivity contribution in [2.45, 2.75) is 52.6 Å². The van der Waals surface area contributed by atoms with Gasteiger partial charge in [-0.15, -0.1) is 0 Å². The number of rotatable bonds is 8. The molecule has 0 aromatic heterocycles. The SMILES string of the molecule is CCCCCCOC(=O)C(C)Oc1ccc(Cl)cc1C. The van der Waals surface area contributed by atoms with Gasteiger partial charge in [0, 0.05) is 5.02 Å². The van der Waals surface area contributed by atoms with E-state index in [-0.39, 0.29) is 5.97 Å².